The van der Waals surface area contributed by atoms with Crippen LogP contribution in [0.4, 0.5) is 17.1 Å². The van der Waals surface area contributed by atoms with Crippen molar-refractivity contribution in [1.29, 1.82) is 0 Å². The second kappa shape index (κ2) is 12.3. The maximum absolute atomic E-state index is 4.10. The van der Waals surface area contributed by atoms with E-state index < -0.39 is 0 Å². The van der Waals surface area contributed by atoms with E-state index in [1.165, 1.54) is 28.2 Å². The second-order valence-electron chi connectivity index (χ2n) is 9.58. The molecule has 2 nitrogen and oxygen atoms in total. The highest BCUT2D eigenvalue weighted by molar-refractivity contribution is 5.75. The number of rotatable bonds is 9. The molecule has 0 fully saturated rings. The molecule has 0 unspecified atom stereocenters. The molecule has 0 aliphatic heterocycles. The second-order valence-corrected chi connectivity index (χ2v) is 9.58. The number of hydrogen-bond donors (Lipinski definition) is 0. The molecule has 38 heavy (non-hydrogen) atoms. The summed E-state index contributed by atoms with van der Waals surface area (Å²) in [6, 6.07) is 28.4. The van der Waals surface area contributed by atoms with Crippen LogP contribution in [0.25, 0.3) is 11.1 Å². The largest absolute Gasteiger partial charge is 0.315 e. The number of para-hydroxylation sites is 1. The Hall–Kier alpha value is -4.30. The summed E-state index contributed by atoms with van der Waals surface area (Å²) in [5, 5.41) is 0. The van der Waals surface area contributed by atoms with Crippen molar-refractivity contribution >= 4 is 17.1 Å². The van der Waals surface area contributed by atoms with Crippen LogP contribution in [-0.4, -0.2) is 0 Å². The maximum Gasteiger partial charge on any atom is 0.0461 e. The van der Waals surface area contributed by atoms with Crippen LogP contribution in [0.1, 0.15) is 39.0 Å². The van der Waals surface area contributed by atoms with Crippen molar-refractivity contribution in [1.82, 2.24) is 0 Å². The van der Waals surface area contributed by atoms with E-state index in [-0.39, 0.29) is 0 Å². The van der Waals surface area contributed by atoms with Gasteiger partial charge in [0.15, 0.2) is 0 Å². The molecule has 0 bridgehead atoms. The molecule has 0 heterocycles. The van der Waals surface area contributed by atoms with Crippen molar-refractivity contribution in [3.8, 4) is 11.1 Å². The standard InChI is InChI=1S/C36H36N2/c1-3-14-31(4-2)37(32-15-8-5-9-16-32)35-25-21-29(22-26-35)30-23-27-36(28-24-30)38(33-17-10-6-11-18-33)34-19-12-7-13-20-34/h4-6,8,10-12,14-15,17-28H,2-3,7,9,13,16H2,1H3/b31-14+. The lowest BCUT2D eigenvalue weighted by molar-refractivity contribution is 0.898. The summed E-state index contributed by atoms with van der Waals surface area (Å²) in [6.45, 7) is 6.27. The molecule has 5 rings (SSSR count). The summed E-state index contributed by atoms with van der Waals surface area (Å²) in [5.74, 6) is 0. The van der Waals surface area contributed by atoms with Gasteiger partial charge in [0.25, 0.3) is 0 Å². The quantitative estimate of drug-likeness (QED) is 0.272. The molecule has 0 spiro atoms. The fraction of sp³-hybridized carbons (Fsp3) is 0.167. The monoisotopic (exact) mass is 496 g/mol. The Balaban J connectivity index is 1.43. The van der Waals surface area contributed by atoms with E-state index in [9.17, 15) is 0 Å². The lowest BCUT2D eigenvalue weighted by atomic mass is 10.0. The fourth-order valence-electron chi connectivity index (χ4n) is 5.13. The first-order valence-electron chi connectivity index (χ1n) is 13.7. The van der Waals surface area contributed by atoms with Crippen molar-refractivity contribution in [3.63, 3.8) is 0 Å². The molecule has 2 aliphatic carbocycles. The zero-order valence-electron chi connectivity index (χ0n) is 22.3. The lowest BCUT2D eigenvalue weighted by Gasteiger charge is -2.30. The molecule has 0 atom stereocenters. The van der Waals surface area contributed by atoms with Crippen molar-refractivity contribution in [2.75, 3.05) is 9.80 Å². The predicted octanol–water partition coefficient (Wildman–Crippen LogP) is 10.2. The molecule has 3 aromatic carbocycles. The maximum atomic E-state index is 4.10. The molecule has 2 heteroatoms. The summed E-state index contributed by atoms with van der Waals surface area (Å²) >= 11 is 0. The van der Waals surface area contributed by atoms with Crippen molar-refractivity contribution in [2.24, 2.45) is 0 Å². The van der Waals surface area contributed by atoms with Gasteiger partial charge in [-0.1, -0.05) is 86.3 Å². The van der Waals surface area contributed by atoms with Crippen LogP contribution in [0.15, 0.2) is 151 Å². The highest BCUT2D eigenvalue weighted by Gasteiger charge is 2.17. The summed E-state index contributed by atoms with van der Waals surface area (Å²) in [4.78, 5) is 4.68. The van der Waals surface area contributed by atoms with Crippen LogP contribution < -0.4 is 9.80 Å². The van der Waals surface area contributed by atoms with E-state index in [0.29, 0.717) is 0 Å². The minimum Gasteiger partial charge on any atom is -0.315 e. The number of anilines is 3. The van der Waals surface area contributed by atoms with Crippen LogP contribution in [0.2, 0.25) is 0 Å². The Kier molecular flexibility index (Phi) is 8.20. The predicted molar refractivity (Wildman–Crippen MR) is 164 cm³/mol. The third-order valence-corrected chi connectivity index (χ3v) is 6.99. The van der Waals surface area contributed by atoms with E-state index in [1.54, 1.807) is 0 Å². The smallest absolute Gasteiger partial charge is 0.0461 e. The Morgan fingerprint density at radius 2 is 1.47 bits per heavy atom. The van der Waals surface area contributed by atoms with Crippen LogP contribution in [-0.2, 0) is 0 Å². The Morgan fingerprint density at radius 3 is 2.05 bits per heavy atom. The minimum absolute atomic E-state index is 0.970. The average molecular weight is 497 g/mol. The van der Waals surface area contributed by atoms with Gasteiger partial charge in [0, 0.05) is 34.2 Å². The minimum atomic E-state index is 0.970. The molecule has 0 amide bonds. The van der Waals surface area contributed by atoms with Crippen molar-refractivity contribution < 1.29 is 0 Å². The molecule has 3 aromatic rings. The molecule has 2 aliphatic rings. The molecule has 0 saturated carbocycles. The van der Waals surface area contributed by atoms with Crippen LogP contribution >= 0.6 is 0 Å². The summed E-state index contributed by atoms with van der Waals surface area (Å²) in [5.41, 5.74) is 9.59. The first-order valence-corrected chi connectivity index (χ1v) is 13.7. The third kappa shape index (κ3) is 5.65. The van der Waals surface area contributed by atoms with Crippen molar-refractivity contribution in [3.05, 3.63) is 151 Å². The third-order valence-electron chi connectivity index (χ3n) is 6.99. The zero-order chi connectivity index (χ0) is 26.2. The van der Waals surface area contributed by atoms with Gasteiger partial charge in [-0.15, -0.1) is 0 Å². The summed E-state index contributed by atoms with van der Waals surface area (Å²) in [6.07, 6.45) is 22.9. The van der Waals surface area contributed by atoms with Gasteiger partial charge in [-0.3, -0.25) is 0 Å². The number of allylic oxidation sites excluding steroid dienone is 9. The Bertz CT molecular complexity index is 1380. The topological polar surface area (TPSA) is 6.48 Å². The molecule has 0 radical (unpaired) electrons. The van der Waals surface area contributed by atoms with Gasteiger partial charge in [0.2, 0.25) is 0 Å². The summed E-state index contributed by atoms with van der Waals surface area (Å²) in [7, 11) is 0. The van der Waals surface area contributed by atoms with E-state index in [0.717, 1.165) is 49.2 Å². The van der Waals surface area contributed by atoms with Gasteiger partial charge in [-0.2, -0.15) is 0 Å². The highest BCUT2D eigenvalue weighted by atomic mass is 15.2. The van der Waals surface area contributed by atoms with Gasteiger partial charge in [-0.05, 0) is 97.9 Å². The first kappa shape index (κ1) is 25.4. The average Bonchev–Trinajstić information content (AvgIpc) is 2.99. The molecule has 190 valence electrons. The molecule has 0 N–H and O–H groups in total. The van der Waals surface area contributed by atoms with Gasteiger partial charge in [-0.25, -0.2) is 0 Å². The lowest BCUT2D eigenvalue weighted by Crippen LogP contribution is -2.21. The van der Waals surface area contributed by atoms with E-state index in [4.69, 9.17) is 0 Å². The van der Waals surface area contributed by atoms with Crippen molar-refractivity contribution in [2.45, 2.75) is 39.0 Å². The molecule has 0 aromatic heterocycles. The normalized spacial score (nSPS) is 15.0. The van der Waals surface area contributed by atoms with Gasteiger partial charge < -0.3 is 9.80 Å². The van der Waals surface area contributed by atoms with Gasteiger partial charge in [0.1, 0.15) is 0 Å². The number of benzene rings is 3. The summed E-state index contributed by atoms with van der Waals surface area (Å²) < 4.78 is 0. The Morgan fingerprint density at radius 1 is 0.789 bits per heavy atom. The van der Waals surface area contributed by atoms with Crippen LogP contribution in [0.3, 0.4) is 0 Å². The van der Waals surface area contributed by atoms with Crippen LogP contribution in [0.5, 0.6) is 0 Å². The van der Waals surface area contributed by atoms with Gasteiger partial charge in [0.05, 0.1) is 0 Å². The molecular weight excluding hydrogens is 460 g/mol. The number of nitrogens with zero attached hydrogens (tertiary/aromatic N) is 2. The van der Waals surface area contributed by atoms with E-state index >= 15 is 0 Å². The highest BCUT2D eigenvalue weighted by Crippen LogP contribution is 2.35. The Labute approximate surface area is 227 Å². The zero-order valence-corrected chi connectivity index (χ0v) is 22.3. The van der Waals surface area contributed by atoms with E-state index in [1.807, 2.05) is 6.08 Å². The SMILES string of the molecule is C=C/C(=C\CC)N(C1=CC=CCC1)c1ccc(-c2ccc(N(C3=CCCC=C3)c3ccccc3)cc2)cc1. The number of hydrogen-bond acceptors (Lipinski definition) is 2. The van der Waals surface area contributed by atoms with E-state index in [2.05, 4.69) is 145 Å². The van der Waals surface area contributed by atoms with Crippen LogP contribution in [0, 0.1) is 0 Å². The molecule has 0 saturated heterocycles. The van der Waals surface area contributed by atoms with Gasteiger partial charge >= 0.3 is 0 Å². The first-order chi connectivity index (χ1) is 18.8. The molecular formula is C36H36N2. The fourth-order valence-corrected chi connectivity index (χ4v) is 5.13.